The fraction of sp³-hybridized carbons (Fsp3) is 0. The van der Waals surface area contributed by atoms with Gasteiger partial charge in [-0.25, -0.2) is 40.0 Å². The van der Waals surface area contributed by atoms with Gasteiger partial charge in [-0.2, -0.15) is 5.26 Å². The van der Waals surface area contributed by atoms with Crippen LogP contribution in [0.1, 0.15) is 5.56 Å². The van der Waals surface area contributed by atoms with Gasteiger partial charge in [0.05, 0.1) is 23.6 Å². The summed E-state index contributed by atoms with van der Waals surface area (Å²) in [6, 6.07) is 23.9. The van der Waals surface area contributed by atoms with Gasteiger partial charge in [0, 0.05) is 11.1 Å². The fourth-order valence-corrected chi connectivity index (χ4v) is 3.84. The molecule has 10 heteroatoms. The molecule has 0 saturated heterocycles. The molecule has 2 aromatic heterocycles. The Morgan fingerprint density at radius 3 is 2.32 bits per heavy atom. The molecule has 5 aromatic rings. The van der Waals surface area contributed by atoms with Gasteiger partial charge >= 0.3 is 5.70 Å². The molecule has 0 atom stereocenters. The molecule has 1 aliphatic rings. The summed E-state index contributed by atoms with van der Waals surface area (Å²) in [4.78, 5) is 30.1. The van der Waals surface area contributed by atoms with Crippen molar-refractivity contribution in [3.05, 3.63) is 106 Å². The van der Waals surface area contributed by atoms with Gasteiger partial charge in [0.25, 0.3) is 5.89 Å². The van der Waals surface area contributed by atoms with E-state index >= 15 is 0 Å². The summed E-state index contributed by atoms with van der Waals surface area (Å²) in [5.41, 5.74) is 2.27. The molecule has 1 aliphatic heterocycles. The fourth-order valence-electron chi connectivity index (χ4n) is 3.84. The van der Waals surface area contributed by atoms with Crippen molar-refractivity contribution in [3.63, 3.8) is 0 Å². The third-order valence-corrected chi connectivity index (χ3v) is 5.54. The summed E-state index contributed by atoms with van der Waals surface area (Å²) in [6.07, 6.45) is 0. The maximum absolute atomic E-state index is 10.1. The summed E-state index contributed by atoms with van der Waals surface area (Å²) in [5.74, 6) is 0.959. The van der Waals surface area contributed by atoms with E-state index < -0.39 is 0 Å². The van der Waals surface area contributed by atoms with Crippen LogP contribution in [0.2, 0.25) is 0 Å². The lowest BCUT2D eigenvalue weighted by molar-refractivity contribution is 0.612. The Morgan fingerprint density at radius 2 is 1.57 bits per heavy atom. The standard InChI is InChI=1S/C27H11N9O/c1-30-20(14-29)25-31-19-12-11-16(17(13-28)22(19)33-25)24-34-23(15-7-3-2-4-8-15)35-26(36-24)27-32-18-9-5-6-10-21(18)37-27/h2-12H/b25-20+. The number of benzene rings is 3. The average molecular weight is 477 g/mol. The van der Waals surface area contributed by atoms with E-state index in [9.17, 15) is 10.5 Å². The number of hydrogen-bond acceptors (Lipinski definition) is 9. The summed E-state index contributed by atoms with van der Waals surface area (Å²) in [5, 5.41) is 19.9. The van der Waals surface area contributed by atoms with Crippen molar-refractivity contribution in [3.8, 4) is 46.6 Å². The monoisotopic (exact) mass is 477 g/mol. The summed E-state index contributed by atoms with van der Waals surface area (Å²) in [6.45, 7) is 7.18. The number of para-hydroxylation sites is 2. The Labute approximate surface area is 208 Å². The molecule has 0 saturated carbocycles. The first-order chi connectivity index (χ1) is 18.2. The van der Waals surface area contributed by atoms with Crippen LogP contribution in [0.5, 0.6) is 0 Å². The number of fused-ring (bicyclic) bond motifs is 2. The van der Waals surface area contributed by atoms with E-state index in [0.29, 0.717) is 27.8 Å². The van der Waals surface area contributed by atoms with Gasteiger partial charge in [0.2, 0.25) is 5.82 Å². The Hall–Kier alpha value is -6.05. The first kappa shape index (κ1) is 21.5. The van der Waals surface area contributed by atoms with Gasteiger partial charge < -0.3 is 4.42 Å². The molecule has 170 valence electrons. The predicted octanol–water partition coefficient (Wildman–Crippen LogP) is 3.75. The number of nitriles is 2. The second kappa shape index (κ2) is 8.62. The molecule has 6 rings (SSSR count). The van der Waals surface area contributed by atoms with Crippen LogP contribution >= 0.6 is 0 Å². The van der Waals surface area contributed by atoms with Crippen molar-refractivity contribution in [2.45, 2.75) is 0 Å². The maximum atomic E-state index is 10.1. The molecule has 3 heterocycles. The number of oxazole rings is 1. The van der Waals surface area contributed by atoms with Crippen molar-refractivity contribution in [2.75, 3.05) is 0 Å². The highest BCUT2D eigenvalue weighted by molar-refractivity contribution is 5.76. The van der Waals surface area contributed by atoms with Gasteiger partial charge in [0.15, 0.2) is 23.1 Å². The van der Waals surface area contributed by atoms with Crippen LogP contribution in [0.15, 0.2) is 92.7 Å². The van der Waals surface area contributed by atoms with Crippen LogP contribution in [-0.2, 0) is 0 Å². The van der Waals surface area contributed by atoms with Crippen LogP contribution in [0, 0.1) is 29.2 Å². The minimum atomic E-state index is -0.258. The van der Waals surface area contributed by atoms with Gasteiger partial charge in [-0.15, -0.1) is 0 Å². The molecule has 0 unspecified atom stereocenters. The molecule has 10 nitrogen and oxygen atoms in total. The van der Waals surface area contributed by atoms with E-state index in [0.717, 1.165) is 5.56 Å². The zero-order chi connectivity index (χ0) is 25.4. The van der Waals surface area contributed by atoms with Gasteiger partial charge in [-0.1, -0.05) is 42.5 Å². The van der Waals surface area contributed by atoms with Crippen LogP contribution in [0.3, 0.4) is 0 Å². The third kappa shape index (κ3) is 3.66. The van der Waals surface area contributed by atoms with Crippen molar-refractivity contribution in [1.29, 1.82) is 10.5 Å². The van der Waals surface area contributed by atoms with E-state index in [2.05, 4.69) is 40.8 Å². The van der Waals surface area contributed by atoms with Gasteiger partial charge in [-0.3, -0.25) is 0 Å². The van der Waals surface area contributed by atoms with E-state index in [4.69, 9.17) is 11.0 Å². The normalized spacial score (nSPS) is 13.0. The van der Waals surface area contributed by atoms with E-state index in [1.165, 1.54) is 0 Å². The highest BCUT2D eigenvalue weighted by Crippen LogP contribution is 2.27. The largest absolute Gasteiger partial charge is 0.434 e. The highest BCUT2D eigenvalue weighted by Gasteiger charge is 2.21. The maximum Gasteiger partial charge on any atom is 0.305 e. The second-order valence-corrected chi connectivity index (χ2v) is 7.75. The minimum Gasteiger partial charge on any atom is -0.434 e. The van der Waals surface area contributed by atoms with Crippen LogP contribution in [-0.4, -0.2) is 19.9 Å². The van der Waals surface area contributed by atoms with E-state index in [1.807, 2.05) is 48.5 Å². The third-order valence-electron chi connectivity index (χ3n) is 5.54. The number of hydrogen-bond donors (Lipinski definition) is 0. The molecule has 3 aromatic carbocycles. The lowest BCUT2D eigenvalue weighted by Gasteiger charge is -2.07. The SMILES string of the molecule is [C-]#[N+]/C(C#N)=C1\N=c2ccc(-c3nc(-c4ccccc4)nc(-c4nc5ccccc5o4)n3)c(C#N)c2=N1. The highest BCUT2D eigenvalue weighted by atomic mass is 16.3. The average Bonchev–Trinajstić information content (AvgIpc) is 3.58. The van der Waals surface area contributed by atoms with Crippen molar-refractivity contribution in [1.82, 2.24) is 19.9 Å². The van der Waals surface area contributed by atoms with E-state index in [-0.39, 0.29) is 40.0 Å². The Balaban J connectivity index is 1.61. The Kier molecular flexibility index (Phi) is 5.01. The first-order valence-corrected chi connectivity index (χ1v) is 10.9. The van der Waals surface area contributed by atoms with Crippen LogP contribution in [0.4, 0.5) is 0 Å². The van der Waals surface area contributed by atoms with Crippen molar-refractivity contribution >= 4 is 11.1 Å². The van der Waals surface area contributed by atoms with Crippen LogP contribution in [0.25, 0.3) is 50.4 Å². The Bertz CT molecular complexity index is 1970. The topological polar surface area (TPSA) is 141 Å². The number of aromatic nitrogens is 4. The van der Waals surface area contributed by atoms with Crippen LogP contribution < -0.4 is 10.7 Å². The molecule has 0 radical (unpaired) electrons. The molecule has 0 spiro atoms. The zero-order valence-corrected chi connectivity index (χ0v) is 18.8. The van der Waals surface area contributed by atoms with Crippen molar-refractivity contribution in [2.24, 2.45) is 9.98 Å². The molecular weight excluding hydrogens is 466 g/mol. The summed E-state index contributed by atoms with van der Waals surface area (Å²) >= 11 is 0. The lowest BCUT2D eigenvalue weighted by Crippen LogP contribution is -2.25. The molecule has 0 bridgehead atoms. The van der Waals surface area contributed by atoms with Gasteiger partial charge in [0.1, 0.15) is 16.9 Å². The molecule has 37 heavy (non-hydrogen) atoms. The van der Waals surface area contributed by atoms with Crippen molar-refractivity contribution < 1.29 is 4.42 Å². The lowest BCUT2D eigenvalue weighted by atomic mass is 10.1. The zero-order valence-electron chi connectivity index (χ0n) is 18.8. The van der Waals surface area contributed by atoms with Gasteiger partial charge in [-0.05, 0) is 24.3 Å². The quantitative estimate of drug-likeness (QED) is 0.284. The second-order valence-electron chi connectivity index (χ2n) is 7.75. The summed E-state index contributed by atoms with van der Waals surface area (Å²) in [7, 11) is 0. The number of nitrogens with zero attached hydrogens (tertiary/aromatic N) is 9. The number of allylic oxidation sites excluding steroid dienone is 1. The minimum absolute atomic E-state index is 0.0334. The molecule has 0 N–H and O–H groups in total. The number of rotatable bonds is 3. The summed E-state index contributed by atoms with van der Waals surface area (Å²) < 4.78 is 5.90. The predicted molar refractivity (Wildman–Crippen MR) is 130 cm³/mol. The molecule has 0 aliphatic carbocycles. The first-order valence-electron chi connectivity index (χ1n) is 10.9. The molecule has 0 fully saturated rings. The molecular formula is C27H11N9O. The smallest absolute Gasteiger partial charge is 0.305 e. The molecule has 0 amide bonds. The van der Waals surface area contributed by atoms with E-state index in [1.54, 1.807) is 24.3 Å². The Morgan fingerprint density at radius 1 is 0.811 bits per heavy atom.